The molecule has 0 saturated carbocycles. The molecule has 0 atom stereocenters. The topological polar surface area (TPSA) is 67.1 Å². The van der Waals surface area contributed by atoms with Gasteiger partial charge in [0.15, 0.2) is 11.6 Å². The summed E-state index contributed by atoms with van der Waals surface area (Å²) >= 11 is 0. The van der Waals surface area contributed by atoms with E-state index in [-0.39, 0.29) is 0 Å². The Balaban J connectivity index is 2.60. The molecule has 2 heterocycles. The molecule has 5 heteroatoms. The second-order valence-electron chi connectivity index (χ2n) is 2.59. The van der Waals surface area contributed by atoms with E-state index in [2.05, 4.69) is 21.9 Å². The molecule has 12 heavy (non-hydrogen) atoms. The van der Waals surface area contributed by atoms with Gasteiger partial charge in [-0.2, -0.15) is 0 Å². The highest BCUT2D eigenvalue weighted by Crippen LogP contribution is 2.34. The van der Waals surface area contributed by atoms with Gasteiger partial charge in [0.05, 0.1) is 0 Å². The molecular formula is C7H9N5. The van der Waals surface area contributed by atoms with E-state index in [0.717, 1.165) is 17.3 Å². The second-order valence-corrected chi connectivity index (χ2v) is 2.59. The normalized spacial score (nSPS) is 14.4. The van der Waals surface area contributed by atoms with Crippen LogP contribution in [0.2, 0.25) is 0 Å². The number of nitrogen functional groups attached to an aromatic ring is 1. The predicted octanol–water partition coefficient (Wildman–Crippen LogP) is 0.392. The number of rotatable bonds is 0. The number of hydrogen-bond donors (Lipinski definition) is 2. The standard InChI is InChI=1S/C7H9N5/c1-4-11-5-6(8)9-3-10-7(5)12(4)2/h3,11H,1H2,2H3,(H2,8,9,10). The van der Waals surface area contributed by atoms with Gasteiger partial charge in [0.2, 0.25) is 0 Å². The third kappa shape index (κ3) is 0.730. The van der Waals surface area contributed by atoms with Crippen LogP contribution in [0.25, 0.3) is 0 Å². The van der Waals surface area contributed by atoms with Crippen molar-refractivity contribution in [1.29, 1.82) is 0 Å². The van der Waals surface area contributed by atoms with E-state index >= 15 is 0 Å². The molecule has 0 fully saturated rings. The zero-order valence-electron chi connectivity index (χ0n) is 6.70. The summed E-state index contributed by atoms with van der Waals surface area (Å²) in [5.74, 6) is 1.98. The lowest BCUT2D eigenvalue weighted by Crippen LogP contribution is -2.13. The molecule has 1 aromatic heterocycles. The van der Waals surface area contributed by atoms with E-state index in [1.165, 1.54) is 6.33 Å². The number of hydrogen-bond acceptors (Lipinski definition) is 5. The lowest BCUT2D eigenvalue weighted by Gasteiger charge is -2.08. The van der Waals surface area contributed by atoms with Crippen molar-refractivity contribution in [3.8, 4) is 0 Å². The highest BCUT2D eigenvalue weighted by Gasteiger charge is 2.22. The van der Waals surface area contributed by atoms with Crippen molar-refractivity contribution < 1.29 is 0 Å². The van der Waals surface area contributed by atoms with E-state index in [1.54, 1.807) is 0 Å². The van der Waals surface area contributed by atoms with Gasteiger partial charge in [0.1, 0.15) is 17.8 Å². The smallest absolute Gasteiger partial charge is 0.163 e. The zero-order chi connectivity index (χ0) is 8.72. The van der Waals surface area contributed by atoms with Gasteiger partial charge in [-0.05, 0) is 0 Å². The van der Waals surface area contributed by atoms with Gasteiger partial charge in [-0.3, -0.25) is 0 Å². The molecule has 0 spiro atoms. The summed E-state index contributed by atoms with van der Waals surface area (Å²) in [6.07, 6.45) is 1.44. The molecule has 0 amide bonds. The highest BCUT2D eigenvalue weighted by atomic mass is 15.3. The summed E-state index contributed by atoms with van der Waals surface area (Å²) in [5.41, 5.74) is 6.36. The number of nitrogens with zero attached hydrogens (tertiary/aromatic N) is 3. The van der Waals surface area contributed by atoms with Crippen LogP contribution in [0, 0.1) is 0 Å². The van der Waals surface area contributed by atoms with Crippen molar-refractivity contribution in [2.24, 2.45) is 0 Å². The zero-order valence-corrected chi connectivity index (χ0v) is 6.70. The van der Waals surface area contributed by atoms with Gasteiger partial charge in [0, 0.05) is 7.05 Å². The summed E-state index contributed by atoms with van der Waals surface area (Å²) in [7, 11) is 1.87. The summed E-state index contributed by atoms with van der Waals surface area (Å²) in [6, 6.07) is 0. The van der Waals surface area contributed by atoms with Crippen LogP contribution in [0.1, 0.15) is 0 Å². The summed E-state index contributed by atoms with van der Waals surface area (Å²) in [6.45, 7) is 3.78. The highest BCUT2D eigenvalue weighted by molar-refractivity contribution is 5.84. The molecule has 0 aromatic carbocycles. The molecule has 1 aliphatic rings. The van der Waals surface area contributed by atoms with Crippen LogP contribution in [0.5, 0.6) is 0 Å². The minimum Gasteiger partial charge on any atom is -0.382 e. The first-order valence-electron chi connectivity index (χ1n) is 3.50. The van der Waals surface area contributed by atoms with Crippen molar-refractivity contribution in [3.05, 3.63) is 18.7 Å². The quantitative estimate of drug-likeness (QED) is 0.579. The maximum Gasteiger partial charge on any atom is 0.163 e. The van der Waals surface area contributed by atoms with Gasteiger partial charge in [-0.25, -0.2) is 9.97 Å². The lowest BCUT2D eigenvalue weighted by molar-refractivity contribution is 1.09. The van der Waals surface area contributed by atoms with E-state index in [0.29, 0.717) is 5.82 Å². The van der Waals surface area contributed by atoms with Crippen LogP contribution in [0.4, 0.5) is 17.3 Å². The first-order chi connectivity index (χ1) is 5.70. The first kappa shape index (κ1) is 6.90. The van der Waals surface area contributed by atoms with Gasteiger partial charge in [0.25, 0.3) is 0 Å². The second kappa shape index (κ2) is 2.10. The Morgan fingerprint density at radius 2 is 2.33 bits per heavy atom. The minimum absolute atomic E-state index is 0.450. The molecule has 62 valence electrons. The van der Waals surface area contributed by atoms with Crippen LogP contribution >= 0.6 is 0 Å². The molecule has 3 N–H and O–H groups in total. The largest absolute Gasteiger partial charge is 0.382 e. The van der Waals surface area contributed by atoms with Crippen LogP contribution in [-0.4, -0.2) is 17.0 Å². The molecule has 0 unspecified atom stereocenters. The van der Waals surface area contributed by atoms with E-state index < -0.39 is 0 Å². The molecular weight excluding hydrogens is 154 g/mol. The molecule has 1 aliphatic heterocycles. The maximum atomic E-state index is 5.61. The maximum absolute atomic E-state index is 5.61. The van der Waals surface area contributed by atoms with E-state index in [4.69, 9.17) is 5.73 Å². The van der Waals surface area contributed by atoms with Crippen molar-refractivity contribution in [2.75, 3.05) is 23.0 Å². The predicted molar refractivity (Wildman–Crippen MR) is 47.6 cm³/mol. The van der Waals surface area contributed by atoms with Crippen molar-refractivity contribution in [2.45, 2.75) is 0 Å². The Bertz CT molecular complexity index is 346. The summed E-state index contributed by atoms with van der Waals surface area (Å²) in [5, 5.41) is 3.00. The lowest BCUT2D eigenvalue weighted by atomic mass is 10.4. The van der Waals surface area contributed by atoms with Gasteiger partial charge in [-0.1, -0.05) is 6.58 Å². The fourth-order valence-electron chi connectivity index (χ4n) is 1.12. The molecule has 0 radical (unpaired) electrons. The fourth-order valence-corrected chi connectivity index (χ4v) is 1.12. The first-order valence-corrected chi connectivity index (χ1v) is 3.50. The number of fused-ring (bicyclic) bond motifs is 1. The van der Waals surface area contributed by atoms with Crippen LogP contribution in [-0.2, 0) is 0 Å². The van der Waals surface area contributed by atoms with E-state index in [1.807, 2.05) is 11.9 Å². The minimum atomic E-state index is 0.450. The monoisotopic (exact) mass is 163 g/mol. The summed E-state index contributed by atoms with van der Waals surface area (Å²) in [4.78, 5) is 9.75. The Morgan fingerprint density at radius 1 is 1.58 bits per heavy atom. The number of nitrogens with one attached hydrogen (secondary N) is 1. The fraction of sp³-hybridized carbons (Fsp3) is 0.143. The summed E-state index contributed by atoms with van der Waals surface area (Å²) < 4.78 is 0. The Kier molecular flexibility index (Phi) is 1.21. The number of anilines is 3. The Morgan fingerprint density at radius 3 is 3.00 bits per heavy atom. The average molecular weight is 163 g/mol. The van der Waals surface area contributed by atoms with Gasteiger partial charge >= 0.3 is 0 Å². The van der Waals surface area contributed by atoms with Crippen LogP contribution < -0.4 is 16.0 Å². The molecule has 0 bridgehead atoms. The van der Waals surface area contributed by atoms with Crippen LogP contribution in [0.3, 0.4) is 0 Å². The SMILES string of the molecule is C=C1Nc2c(N)ncnc2N1C. The van der Waals surface area contributed by atoms with Crippen LogP contribution in [0.15, 0.2) is 18.7 Å². The van der Waals surface area contributed by atoms with Gasteiger partial charge in [-0.15, -0.1) is 0 Å². The van der Waals surface area contributed by atoms with Crippen molar-refractivity contribution in [1.82, 2.24) is 9.97 Å². The molecule has 5 nitrogen and oxygen atoms in total. The molecule has 0 saturated heterocycles. The van der Waals surface area contributed by atoms with E-state index in [9.17, 15) is 0 Å². The van der Waals surface area contributed by atoms with Crippen molar-refractivity contribution >= 4 is 17.3 Å². The Hall–Kier alpha value is -1.78. The van der Waals surface area contributed by atoms with Crippen molar-refractivity contribution in [3.63, 3.8) is 0 Å². The molecule has 1 aromatic rings. The third-order valence-electron chi connectivity index (χ3n) is 1.85. The van der Waals surface area contributed by atoms with Gasteiger partial charge < -0.3 is 16.0 Å². The molecule has 2 rings (SSSR count). The molecule has 0 aliphatic carbocycles. The number of aromatic nitrogens is 2. The number of nitrogens with two attached hydrogens (primary N) is 1. The average Bonchev–Trinajstić information content (AvgIpc) is 2.32. The Labute approximate surface area is 69.9 Å². The third-order valence-corrected chi connectivity index (χ3v) is 1.85.